The van der Waals surface area contributed by atoms with Gasteiger partial charge in [-0.2, -0.15) is 0 Å². The summed E-state index contributed by atoms with van der Waals surface area (Å²) < 4.78 is 0. The minimum absolute atomic E-state index is 0.121. The van der Waals surface area contributed by atoms with E-state index in [1.165, 1.54) is 18.2 Å². The SMILES string of the molecule is O=C(Nc1cc([N+](=O)[O-])ccc1Cl)[C@H]1CCCC[C@H]1C(=O)O. The second kappa shape index (κ2) is 6.74. The molecule has 22 heavy (non-hydrogen) atoms. The molecule has 1 aromatic carbocycles. The molecule has 0 aromatic heterocycles. The number of hydrogen-bond donors (Lipinski definition) is 2. The number of non-ortho nitro benzene ring substituents is 1. The molecular formula is C14H15ClN2O5. The van der Waals surface area contributed by atoms with Crippen LogP contribution in [0, 0.1) is 22.0 Å². The van der Waals surface area contributed by atoms with Crippen LogP contribution >= 0.6 is 11.6 Å². The van der Waals surface area contributed by atoms with Crippen LogP contribution in [0.25, 0.3) is 0 Å². The largest absolute Gasteiger partial charge is 0.481 e. The Hall–Kier alpha value is -2.15. The molecule has 0 heterocycles. The Bertz CT molecular complexity index is 619. The summed E-state index contributed by atoms with van der Waals surface area (Å²) in [6.07, 6.45) is 2.49. The molecular weight excluding hydrogens is 312 g/mol. The first kappa shape index (κ1) is 16.2. The molecule has 1 aliphatic rings. The first-order valence-electron chi connectivity index (χ1n) is 6.87. The van der Waals surface area contributed by atoms with Crippen molar-refractivity contribution in [3.8, 4) is 0 Å². The van der Waals surface area contributed by atoms with Crippen LogP contribution in [0.15, 0.2) is 18.2 Å². The van der Waals surface area contributed by atoms with Crippen LogP contribution in [-0.4, -0.2) is 21.9 Å². The molecule has 1 saturated carbocycles. The second-order valence-electron chi connectivity index (χ2n) is 5.25. The summed E-state index contributed by atoms with van der Waals surface area (Å²) in [6, 6.07) is 3.72. The van der Waals surface area contributed by atoms with Crippen LogP contribution in [-0.2, 0) is 9.59 Å². The number of carbonyl (C=O) groups excluding carboxylic acids is 1. The molecule has 2 atom stereocenters. The molecule has 1 aliphatic carbocycles. The smallest absolute Gasteiger partial charge is 0.307 e. The van der Waals surface area contributed by atoms with Crippen molar-refractivity contribution in [3.05, 3.63) is 33.3 Å². The molecule has 2 rings (SSSR count). The van der Waals surface area contributed by atoms with E-state index < -0.39 is 28.6 Å². The quantitative estimate of drug-likeness (QED) is 0.652. The molecule has 7 nitrogen and oxygen atoms in total. The Morgan fingerprint density at radius 2 is 1.91 bits per heavy atom. The van der Waals surface area contributed by atoms with E-state index in [2.05, 4.69) is 5.32 Å². The van der Waals surface area contributed by atoms with E-state index in [0.29, 0.717) is 12.8 Å². The molecule has 0 saturated heterocycles. The highest BCUT2D eigenvalue weighted by Crippen LogP contribution is 2.33. The number of benzene rings is 1. The Kier molecular flexibility index (Phi) is 4.97. The predicted molar refractivity (Wildman–Crippen MR) is 79.8 cm³/mol. The number of aliphatic carboxylic acids is 1. The molecule has 0 spiro atoms. The molecule has 0 unspecified atom stereocenters. The molecule has 2 N–H and O–H groups in total. The third-order valence-corrected chi connectivity index (χ3v) is 4.17. The van der Waals surface area contributed by atoms with Gasteiger partial charge in [0.1, 0.15) is 0 Å². The average molecular weight is 327 g/mol. The number of carbonyl (C=O) groups is 2. The third kappa shape index (κ3) is 3.54. The summed E-state index contributed by atoms with van der Waals surface area (Å²) in [4.78, 5) is 33.7. The molecule has 8 heteroatoms. The Morgan fingerprint density at radius 3 is 2.50 bits per heavy atom. The van der Waals surface area contributed by atoms with E-state index in [9.17, 15) is 24.8 Å². The van der Waals surface area contributed by atoms with E-state index in [1.54, 1.807) is 0 Å². The van der Waals surface area contributed by atoms with Gasteiger partial charge >= 0.3 is 5.97 Å². The van der Waals surface area contributed by atoms with Crippen LogP contribution in [0.1, 0.15) is 25.7 Å². The van der Waals surface area contributed by atoms with Gasteiger partial charge in [-0.05, 0) is 18.9 Å². The number of carboxylic acid groups (broad SMARTS) is 1. The van der Waals surface area contributed by atoms with Crippen molar-refractivity contribution < 1.29 is 19.6 Å². The van der Waals surface area contributed by atoms with Gasteiger partial charge in [0.2, 0.25) is 5.91 Å². The minimum Gasteiger partial charge on any atom is -0.481 e. The predicted octanol–water partition coefficient (Wildman–Crippen LogP) is 3.08. The summed E-state index contributed by atoms with van der Waals surface area (Å²) >= 11 is 5.93. The van der Waals surface area contributed by atoms with Crippen molar-refractivity contribution in [1.82, 2.24) is 0 Å². The van der Waals surface area contributed by atoms with Gasteiger partial charge in [0.05, 0.1) is 27.5 Å². The van der Waals surface area contributed by atoms with Gasteiger partial charge < -0.3 is 10.4 Å². The van der Waals surface area contributed by atoms with Crippen LogP contribution in [0.2, 0.25) is 5.02 Å². The maximum absolute atomic E-state index is 12.3. The zero-order chi connectivity index (χ0) is 16.3. The lowest BCUT2D eigenvalue weighted by Gasteiger charge is -2.27. The van der Waals surface area contributed by atoms with E-state index in [1.807, 2.05) is 0 Å². The summed E-state index contributed by atoms with van der Waals surface area (Å²) in [6.45, 7) is 0. The van der Waals surface area contributed by atoms with Gasteiger partial charge in [0.25, 0.3) is 5.69 Å². The molecule has 1 amide bonds. The van der Waals surface area contributed by atoms with Crippen molar-refractivity contribution in [2.75, 3.05) is 5.32 Å². The lowest BCUT2D eigenvalue weighted by Crippen LogP contribution is -2.36. The number of nitrogens with zero attached hydrogens (tertiary/aromatic N) is 1. The fourth-order valence-electron chi connectivity index (χ4n) is 2.69. The molecule has 1 fully saturated rings. The van der Waals surface area contributed by atoms with Crippen LogP contribution in [0.3, 0.4) is 0 Å². The Labute approximate surface area is 131 Å². The average Bonchev–Trinajstić information content (AvgIpc) is 2.49. The number of hydrogen-bond acceptors (Lipinski definition) is 4. The van der Waals surface area contributed by atoms with Crippen LogP contribution in [0.4, 0.5) is 11.4 Å². The van der Waals surface area contributed by atoms with Crippen molar-refractivity contribution in [3.63, 3.8) is 0 Å². The zero-order valence-corrected chi connectivity index (χ0v) is 12.4. The van der Waals surface area contributed by atoms with Gasteiger partial charge in [0, 0.05) is 12.1 Å². The van der Waals surface area contributed by atoms with E-state index in [4.69, 9.17) is 11.6 Å². The highest BCUT2D eigenvalue weighted by molar-refractivity contribution is 6.33. The fourth-order valence-corrected chi connectivity index (χ4v) is 2.85. The maximum Gasteiger partial charge on any atom is 0.307 e. The topological polar surface area (TPSA) is 110 Å². The molecule has 118 valence electrons. The van der Waals surface area contributed by atoms with E-state index in [-0.39, 0.29) is 16.4 Å². The number of halogens is 1. The van der Waals surface area contributed by atoms with Crippen molar-refractivity contribution in [2.45, 2.75) is 25.7 Å². The first-order chi connectivity index (χ1) is 10.4. The van der Waals surface area contributed by atoms with Gasteiger partial charge in [-0.3, -0.25) is 19.7 Å². The number of carboxylic acids is 1. The van der Waals surface area contributed by atoms with E-state index in [0.717, 1.165) is 12.8 Å². The number of amides is 1. The highest BCUT2D eigenvalue weighted by atomic mass is 35.5. The second-order valence-corrected chi connectivity index (χ2v) is 5.65. The van der Waals surface area contributed by atoms with Crippen molar-refractivity contribution >= 4 is 34.9 Å². The highest BCUT2D eigenvalue weighted by Gasteiger charge is 2.35. The standard InChI is InChI=1S/C14H15ClN2O5/c15-11-6-5-8(17(21)22)7-12(11)16-13(18)9-3-1-2-4-10(9)14(19)20/h5-7,9-10H,1-4H2,(H,16,18)(H,19,20)/t9-,10+/m0/s1. The van der Waals surface area contributed by atoms with E-state index >= 15 is 0 Å². The van der Waals surface area contributed by atoms with Crippen LogP contribution in [0.5, 0.6) is 0 Å². The number of nitro benzene ring substituents is 1. The number of nitrogens with one attached hydrogen (secondary N) is 1. The molecule has 0 bridgehead atoms. The first-order valence-corrected chi connectivity index (χ1v) is 7.25. The van der Waals surface area contributed by atoms with Crippen molar-refractivity contribution in [1.29, 1.82) is 0 Å². The lowest BCUT2D eigenvalue weighted by molar-refractivity contribution is -0.384. The number of rotatable bonds is 4. The molecule has 1 aromatic rings. The summed E-state index contributed by atoms with van der Waals surface area (Å²) in [5, 5.41) is 22.7. The van der Waals surface area contributed by atoms with Gasteiger partial charge in [-0.1, -0.05) is 24.4 Å². The third-order valence-electron chi connectivity index (χ3n) is 3.84. The van der Waals surface area contributed by atoms with Gasteiger partial charge in [-0.15, -0.1) is 0 Å². The summed E-state index contributed by atoms with van der Waals surface area (Å²) in [5.74, 6) is -2.84. The number of anilines is 1. The summed E-state index contributed by atoms with van der Waals surface area (Å²) in [7, 11) is 0. The van der Waals surface area contributed by atoms with Crippen molar-refractivity contribution in [2.24, 2.45) is 11.8 Å². The minimum atomic E-state index is -0.995. The normalized spacial score (nSPS) is 21.1. The summed E-state index contributed by atoms with van der Waals surface area (Å²) in [5.41, 5.74) is -0.0753. The fraction of sp³-hybridized carbons (Fsp3) is 0.429. The molecule has 0 radical (unpaired) electrons. The van der Waals surface area contributed by atoms with Gasteiger partial charge in [0.15, 0.2) is 0 Å². The molecule has 0 aliphatic heterocycles. The van der Waals surface area contributed by atoms with Crippen LogP contribution < -0.4 is 5.32 Å². The zero-order valence-electron chi connectivity index (χ0n) is 11.6. The lowest BCUT2D eigenvalue weighted by atomic mass is 9.78. The van der Waals surface area contributed by atoms with Gasteiger partial charge in [-0.25, -0.2) is 0 Å². The maximum atomic E-state index is 12.3. The monoisotopic (exact) mass is 326 g/mol. The Morgan fingerprint density at radius 1 is 1.27 bits per heavy atom. The Balaban J connectivity index is 2.19. The number of nitro groups is 1.